The molecule has 2 aliphatic heterocycles. The van der Waals surface area contributed by atoms with Crippen molar-refractivity contribution in [1.29, 1.82) is 0 Å². The Morgan fingerprint density at radius 2 is 2.11 bits per heavy atom. The molecule has 5 heterocycles. The van der Waals surface area contributed by atoms with E-state index >= 15 is 0 Å². The first-order valence-corrected chi connectivity index (χ1v) is 11.7. The molecule has 0 aliphatic carbocycles. The van der Waals surface area contributed by atoms with Crippen LogP contribution >= 0.6 is 0 Å². The van der Waals surface area contributed by atoms with E-state index < -0.39 is 0 Å². The molecule has 6 rings (SSSR count). The van der Waals surface area contributed by atoms with Gasteiger partial charge in [0.25, 0.3) is 0 Å². The van der Waals surface area contributed by atoms with Crippen LogP contribution in [0.3, 0.4) is 0 Å². The van der Waals surface area contributed by atoms with Gasteiger partial charge < -0.3 is 24.3 Å². The van der Waals surface area contributed by atoms with Gasteiger partial charge in [-0.1, -0.05) is 0 Å². The van der Waals surface area contributed by atoms with Crippen molar-refractivity contribution in [2.45, 2.75) is 19.0 Å². The van der Waals surface area contributed by atoms with Gasteiger partial charge in [0.05, 0.1) is 32.1 Å². The van der Waals surface area contributed by atoms with Crippen LogP contribution in [0.5, 0.6) is 5.75 Å². The quantitative estimate of drug-likeness (QED) is 0.479. The van der Waals surface area contributed by atoms with E-state index in [-0.39, 0.29) is 18.5 Å². The number of rotatable bonds is 5. The number of nitrogens with zero attached hydrogens (tertiary/aromatic N) is 5. The lowest BCUT2D eigenvalue weighted by Gasteiger charge is -2.27. The fourth-order valence-corrected chi connectivity index (χ4v) is 4.99. The summed E-state index contributed by atoms with van der Waals surface area (Å²) in [6.07, 6.45) is 7.98. The number of pyridine rings is 1. The van der Waals surface area contributed by atoms with Crippen molar-refractivity contribution in [3.63, 3.8) is 0 Å². The second kappa shape index (κ2) is 8.99. The number of aromatic nitrogens is 4. The molecule has 3 aromatic heterocycles. The number of anilines is 1. The molecule has 35 heavy (non-hydrogen) atoms. The van der Waals surface area contributed by atoms with Crippen LogP contribution in [-0.4, -0.2) is 63.7 Å². The van der Waals surface area contributed by atoms with Crippen LogP contribution in [0.25, 0.3) is 22.2 Å². The van der Waals surface area contributed by atoms with E-state index in [1.165, 1.54) is 0 Å². The van der Waals surface area contributed by atoms with Crippen LogP contribution in [0, 0.1) is 0 Å². The summed E-state index contributed by atoms with van der Waals surface area (Å²) < 4.78 is 13.0. The van der Waals surface area contributed by atoms with E-state index in [2.05, 4.69) is 26.5 Å². The van der Waals surface area contributed by atoms with Gasteiger partial charge in [-0.2, -0.15) is 0 Å². The molecule has 0 radical (unpaired) electrons. The molecule has 1 fully saturated rings. The van der Waals surface area contributed by atoms with Crippen LogP contribution in [0.2, 0.25) is 0 Å². The van der Waals surface area contributed by atoms with Crippen molar-refractivity contribution in [2.75, 3.05) is 38.7 Å². The molecule has 1 aromatic carbocycles. The number of hydrogen-bond acceptors (Lipinski definition) is 7. The number of benzene rings is 1. The van der Waals surface area contributed by atoms with Gasteiger partial charge >= 0.3 is 0 Å². The Morgan fingerprint density at radius 3 is 2.91 bits per heavy atom. The zero-order valence-corrected chi connectivity index (χ0v) is 19.5. The fraction of sp³-hybridized carbons (Fsp3) is 0.308. The third kappa shape index (κ3) is 3.97. The van der Waals surface area contributed by atoms with Crippen LogP contribution in [0.1, 0.15) is 17.2 Å². The molecular formula is C26H26N6O3. The largest absolute Gasteiger partial charge is 0.497 e. The van der Waals surface area contributed by atoms with Crippen molar-refractivity contribution >= 4 is 22.6 Å². The monoisotopic (exact) mass is 470 g/mol. The highest BCUT2D eigenvalue weighted by atomic mass is 16.5. The molecule has 1 amide bonds. The Balaban J connectivity index is 1.36. The minimum atomic E-state index is -0.00790. The summed E-state index contributed by atoms with van der Waals surface area (Å²) in [5.74, 6) is 1.71. The molecule has 1 unspecified atom stereocenters. The number of morpholine rings is 1. The minimum Gasteiger partial charge on any atom is -0.497 e. The first-order chi connectivity index (χ1) is 17.2. The molecule has 1 saturated heterocycles. The highest BCUT2D eigenvalue weighted by molar-refractivity contribution is 5.88. The maximum Gasteiger partial charge on any atom is 0.242 e. The van der Waals surface area contributed by atoms with Crippen LogP contribution in [0.4, 0.5) is 5.82 Å². The van der Waals surface area contributed by atoms with Gasteiger partial charge in [-0.15, -0.1) is 0 Å². The van der Waals surface area contributed by atoms with Gasteiger partial charge in [0, 0.05) is 65.7 Å². The fourth-order valence-electron chi connectivity index (χ4n) is 4.99. The van der Waals surface area contributed by atoms with Crippen molar-refractivity contribution < 1.29 is 14.3 Å². The number of carbonyl (C=O) groups is 1. The Morgan fingerprint density at radius 1 is 1.23 bits per heavy atom. The molecule has 9 heteroatoms. The second-order valence-electron chi connectivity index (χ2n) is 8.78. The Bertz CT molecular complexity index is 1380. The maximum absolute atomic E-state index is 13.0. The molecule has 0 bridgehead atoms. The SMILES string of the molecule is COc1ccc2c(c1)c(C1Cc3c(ncnc3-c3cccnc3)N1)cn2CC(=O)N1CCOCC1. The molecular weight excluding hydrogens is 444 g/mol. The van der Waals surface area contributed by atoms with Gasteiger partial charge in [-0.05, 0) is 30.3 Å². The summed E-state index contributed by atoms with van der Waals surface area (Å²) in [5.41, 5.74) is 5.02. The summed E-state index contributed by atoms with van der Waals surface area (Å²) in [6, 6.07) is 9.91. The second-order valence-corrected chi connectivity index (χ2v) is 8.78. The van der Waals surface area contributed by atoms with Gasteiger partial charge in [0.15, 0.2) is 0 Å². The number of ether oxygens (including phenoxy) is 2. The van der Waals surface area contributed by atoms with Gasteiger partial charge in [0.2, 0.25) is 5.91 Å². The van der Waals surface area contributed by atoms with E-state index in [0.717, 1.165) is 51.3 Å². The van der Waals surface area contributed by atoms with Crippen LogP contribution in [-0.2, 0) is 22.5 Å². The molecule has 1 atom stereocenters. The number of methoxy groups -OCH3 is 1. The summed E-state index contributed by atoms with van der Waals surface area (Å²) in [6.45, 7) is 2.72. The van der Waals surface area contributed by atoms with E-state index in [0.29, 0.717) is 26.3 Å². The predicted molar refractivity (Wildman–Crippen MR) is 131 cm³/mol. The lowest BCUT2D eigenvalue weighted by atomic mass is 10.00. The average molecular weight is 471 g/mol. The van der Waals surface area contributed by atoms with Gasteiger partial charge in [-0.3, -0.25) is 9.78 Å². The Hall–Kier alpha value is -3.98. The van der Waals surface area contributed by atoms with Crippen molar-refractivity contribution in [3.8, 4) is 17.0 Å². The summed E-state index contributed by atoms with van der Waals surface area (Å²) in [5, 5.41) is 4.64. The maximum atomic E-state index is 13.0. The molecule has 0 spiro atoms. The smallest absolute Gasteiger partial charge is 0.242 e. The highest BCUT2D eigenvalue weighted by Crippen LogP contribution is 2.40. The predicted octanol–water partition coefficient (Wildman–Crippen LogP) is 3.07. The third-order valence-corrected chi connectivity index (χ3v) is 6.76. The van der Waals surface area contributed by atoms with E-state index in [4.69, 9.17) is 9.47 Å². The zero-order valence-electron chi connectivity index (χ0n) is 19.5. The average Bonchev–Trinajstić information content (AvgIpc) is 3.50. The summed E-state index contributed by atoms with van der Waals surface area (Å²) >= 11 is 0. The topological polar surface area (TPSA) is 94.4 Å². The lowest BCUT2D eigenvalue weighted by molar-refractivity contribution is -0.135. The van der Waals surface area contributed by atoms with Gasteiger partial charge in [-0.25, -0.2) is 9.97 Å². The van der Waals surface area contributed by atoms with Crippen LogP contribution in [0.15, 0.2) is 55.2 Å². The molecule has 178 valence electrons. The molecule has 2 aliphatic rings. The number of hydrogen-bond donors (Lipinski definition) is 1. The lowest BCUT2D eigenvalue weighted by Crippen LogP contribution is -2.42. The normalized spacial score (nSPS) is 17.3. The van der Waals surface area contributed by atoms with Gasteiger partial charge in [0.1, 0.15) is 24.4 Å². The molecule has 4 aromatic rings. The number of amides is 1. The summed E-state index contributed by atoms with van der Waals surface area (Å²) in [4.78, 5) is 28.2. The highest BCUT2D eigenvalue weighted by Gasteiger charge is 2.30. The molecule has 9 nitrogen and oxygen atoms in total. The van der Waals surface area contributed by atoms with Crippen molar-refractivity contribution in [2.24, 2.45) is 0 Å². The number of nitrogens with one attached hydrogen (secondary N) is 1. The first-order valence-electron chi connectivity index (χ1n) is 11.7. The standard InChI is InChI=1S/C26H26N6O3/c1-34-18-4-5-23-19(11-18)21(14-32(23)15-24(33)31-7-9-35-10-8-31)22-12-20-25(17-3-2-6-27-13-17)28-16-29-26(20)30-22/h2-6,11,13-14,16,22H,7-10,12,15H2,1H3,(H,28,29,30). The number of carbonyl (C=O) groups excluding carboxylic acids is 1. The van der Waals surface area contributed by atoms with Crippen LogP contribution < -0.4 is 10.1 Å². The minimum absolute atomic E-state index is 0.00790. The zero-order chi connectivity index (χ0) is 23.8. The molecule has 1 N–H and O–H groups in total. The van der Waals surface area contributed by atoms with Crippen molar-refractivity contribution in [1.82, 2.24) is 24.4 Å². The molecule has 0 saturated carbocycles. The van der Waals surface area contributed by atoms with E-state index in [1.54, 1.807) is 19.6 Å². The Kier molecular flexibility index (Phi) is 5.54. The van der Waals surface area contributed by atoms with E-state index in [9.17, 15) is 4.79 Å². The van der Waals surface area contributed by atoms with Crippen molar-refractivity contribution in [3.05, 3.63) is 66.4 Å². The Labute approximate surface area is 202 Å². The third-order valence-electron chi connectivity index (χ3n) is 6.76. The number of fused-ring (bicyclic) bond motifs is 2. The van der Waals surface area contributed by atoms with E-state index in [1.807, 2.05) is 46.0 Å². The first kappa shape index (κ1) is 21.5. The summed E-state index contributed by atoms with van der Waals surface area (Å²) in [7, 11) is 1.67.